The molecule has 286 valence electrons. The smallest absolute Gasteiger partial charge is 0.00922 e. The predicted octanol–water partition coefficient (Wildman–Crippen LogP) is 14.9. The number of unbranched alkanes of at least 4 members (excludes halogenated alkanes) is 19. The van der Waals surface area contributed by atoms with Gasteiger partial charge in [0.1, 0.15) is 0 Å². The first-order chi connectivity index (χ1) is 24.3. The van der Waals surface area contributed by atoms with Crippen molar-refractivity contribution in [3.8, 4) is 0 Å². The van der Waals surface area contributed by atoms with Crippen molar-refractivity contribution in [1.29, 1.82) is 0 Å². The van der Waals surface area contributed by atoms with Gasteiger partial charge in [0.05, 0.1) is 0 Å². The third kappa shape index (κ3) is 32.5. The van der Waals surface area contributed by atoms with Crippen LogP contribution >= 0.6 is 0 Å². The molecule has 1 heterocycles. The summed E-state index contributed by atoms with van der Waals surface area (Å²) in [5.74, 6) is 0.985. The normalized spacial score (nSPS) is 14.8. The van der Waals surface area contributed by atoms with Gasteiger partial charge in [-0.15, -0.1) is 0 Å². The summed E-state index contributed by atoms with van der Waals surface area (Å²) in [5, 5.41) is 3.53. The van der Waals surface area contributed by atoms with E-state index in [1.165, 1.54) is 206 Å². The van der Waals surface area contributed by atoms with Gasteiger partial charge in [0, 0.05) is 6.04 Å². The van der Waals surface area contributed by atoms with Crippen LogP contribution in [0.1, 0.15) is 213 Å². The molecule has 2 nitrogen and oxygen atoms in total. The van der Waals surface area contributed by atoms with E-state index in [-0.39, 0.29) is 0 Å². The Labute approximate surface area is 309 Å². The summed E-state index contributed by atoms with van der Waals surface area (Å²) in [6.45, 7) is 8.35. The van der Waals surface area contributed by atoms with Crippen LogP contribution in [-0.2, 0) is 0 Å². The van der Waals surface area contributed by atoms with Gasteiger partial charge in [-0.05, 0) is 129 Å². The molecule has 0 radical (unpaired) electrons. The van der Waals surface area contributed by atoms with Crippen molar-refractivity contribution in [3.05, 3.63) is 48.6 Å². The summed E-state index contributed by atoms with van der Waals surface area (Å²) in [5.41, 5.74) is 0. The van der Waals surface area contributed by atoms with Gasteiger partial charge in [-0.25, -0.2) is 0 Å². The van der Waals surface area contributed by atoms with Gasteiger partial charge in [0.2, 0.25) is 0 Å². The summed E-state index contributed by atoms with van der Waals surface area (Å²) in [6, 6.07) is 0.801. The number of piperidine rings is 1. The Balaban J connectivity index is 2.18. The Morgan fingerprint density at radius 2 is 0.898 bits per heavy atom. The summed E-state index contributed by atoms with van der Waals surface area (Å²) in [6.07, 6.45) is 61.3. The Morgan fingerprint density at radius 1 is 0.490 bits per heavy atom. The molecule has 1 rings (SSSR count). The molecule has 0 aromatic heterocycles. The minimum absolute atomic E-state index is 0.801. The van der Waals surface area contributed by atoms with Crippen LogP contribution in [0.25, 0.3) is 0 Å². The molecule has 2 heteroatoms. The van der Waals surface area contributed by atoms with Gasteiger partial charge < -0.3 is 10.2 Å². The second kappa shape index (κ2) is 38.1. The first-order valence-corrected chi connectivity index (χ1v) is 22.3. The lowest BCUT2D eigenvalue weighted by atomic mass is 9.92. The molecule has 1 N–H and O–H groups in total. The molecule has 1 fully saturated rings. The van der Waals surface area contributed by atoms with E-state index in [0.717, 1.165) is 24.8 Å². The van der Waals surface area contributed by atoms with Crippen LogP contribution in [0, 0.1) is 5.92 Å². The van der Waals surface area contributed by atoms with Crippen LogP contribution in [0.3, 0.4) is 0 Å². The summed E-state index contributed by atoms with van der Waals surface area (Å²) >= 11 is 0. The predicted molar refractivity (Wildman–Crippen MR) is 224 cm³/mol. The molecule has 0 atom stereocenters. The highest BCUT2D eigenvalue weighted by Crippen LogP contribution is 2.21. The molecule has 1 aliphatic rings. The zero-order chi connectivity index (χ0) is 35.1. The quantitative estimate of drug-likeness (QED) is 0.0523. The number of hydrogen-bond donors (Lipinski definition) is 1. The lowest BCUT2D eigenvalue weighted by molar-refractivity contribution is 0.203. The maximum absolute atomic E-state index is 3.53. The van der Waals surface area contributed by atoms with Crippen LogP contribution in [0.5, 0.6) is 0 Å². The van der Waals surface area contributed by atoms with Crippen molar-refractivity contribution < 1.29 is 0 Å². The van der Waals surface area contributed by atoms with Gasteiger partial charge in [0.25, 0.3) is 0 Å². The van der Waals surface area contributed by atoms with E-state index in [4.69, 9.17) is 0 Å². The Morgan fingerprint density at radius 3 is 1.35 bits per heavy atom. The second-order valence-electron chi connectivity index (χ2n) is 15.6. The van der Waals surface area contributed by atoms with E-state index in [2.05, 4.69) is 79.7 Å². The van der Waals surface area contributed by atoms with Gasteiger partial charge in [-0.2, -0.15) is 0 Å². The molecule has 0 aliphatic carbocycles. The second-order valence-corrected chi connectivity index (χ2v) is 15.6. The monoisotopic (exact) mass is 681 g/mol. The van der Waals surface area contributed by atoms with Crippen molar-refractivity contribution in [2.45, 2.75) is 219 Å². The van der Waals surface area contributed by atoms with Crippen molar-refractivity contribution in [2.24, 2.45) is 5.92 Å². The van der Waals surface area contributed by atoms with E-state index < -0.39 is 0 Å². The number of rotatable bonds is 36. The number of nitrogens with zero attached hydrogens (tertiary/aromatic N) is 1. The maximum atomic E-state index is 3.53. The van der Waals surface area contributed by atoms with Crippen LogP contribution < -0.4 is 5.32 Å². The Hall–Kier alpha value is -1.12. The highest BCUT2D eigenvalue weighted by Gasteiger charge is 2.16. The first kappa shape index (κ1) is 45.9. The Kier molecular flexibility index (Phi) is 35.7. The lowest BCUT2D eigenvalue weighted by Gasteiger charge is -2.29. The van der Waals surface area contributed by atoms with Crippen molar-refractivity contribution in [2.75, 3.05) is 26.7 Å². The van der Waals surface area contributed by atoms with Gasteiger partial charge >= 0.3 is 0 Å². The molecule has 0 amide bonds. The SMILES string of the molecule is CCCCC/C=C\C/C=C\CCCCCCCCC(CCCCCCCC/C=C\C/C=C\CCCCC)N(C)CCCCC1CCNCC1. The largest absolute Gasteiger partial charge is 0.317 e. The van der Waals surface area contributed by atoms with E-state index in [1.54, 1.807) is 0 Å². The minimum atomic E-state index is 0.801. The van der Waals surface area contributed by atoms with Crippen molar-refractivity contribution in [3.63, 3.8) is 0 Å². The topological polar surface area (TPSA) is 15.3 Å². The fourth-order valence-electron chi connectivity index (χ4n) is 7.47. The van der Waals surface area contributed by atoms with Crippen LogP contribution in [0.2, 0.25) is 0 Å². The standard InChI is InChI=1S/C47H88N2/c1-4-6-8-10-12-14-16-18-20-22-24-26-28-30-32-34-39-47(49(3)45-37-36-38-46-41-43-48-44-42-46)40-35-33-31-29-27-25-23-21-19-17-15-13-11-9-7-5-2/h12-15,18-21,46-48H,4-11,16-17,22-45H2,1-3H3/b14-12-,15-13-,20-18-,21-19-. The third-order valence-electron chi connectivity index (χ3n) is 10.9. The number of nitrogens with one attached hydrogen (secondary N) is 1. The van der Waals surface area contributed by atoms with Crippen LogP contribution in [0.4, 0.5) is 0 Å². The van der Waals surface area contributed by atoms with Crippen molar-refractivity contribution >= 4 is 0 Å². The van der Waals surface area contributed by atoms with Gasteiger partial charge in [-0.3, -0.25) is 0 Å². The van der Waals surface area contributed by atoms with E-state index in [9.17, 15) is 0 Å². The van der Waals surface area contributed by atoms with Crippen LogP contribution in [-0.4, -0.2) is 37.6 Å². The summed E-state index contributed by atoms with van der Waals surface area (Å²) < 4.78 is 0. The molecule has 49 heavy (non-hydrogen) atoms. The van der Waals surface area contributed by atoms with E-state index in [1.807, 2.05) is 0 Å². The Bertz CT molecular complexity index is 710. The molecule has 0 spiro atoms. The van der Waals surface area contributed by atoms with Gasteiger partial charge in [-0.1, -0.05) is 165 Å². The van der Waals surface area contributed by atoms with Crippen LogP contribution in [0.15, 0.2) is 48.6 Å². The molecule has 0 saturated carbocycles. The average molecular weight is 681 g/mol. The zero-order valence-corrected chi connectivity index (χ0v) is 33.8. The zero-order valence-electron chi connectivity index (χ0n) is 33.8. The molecule has 0 unspecified atom stereocenters. The average Bonchev–Trinajstić information content (AvgIpc) is 3.12. The molecular weight excluding hydrogens is 593 g/mol. The molecule has 0 aromatic rings. The molecule has 1 aliphatic heterocycles. The number of hydrogen-bond acceptors (Lipinski definition) is 2. The summed E-state index contributed by atoms with van der Waals surface area (Å²) in [7, 11) is 2.45. The fourth-order valence-corrected chi connectivity index (χ4v) is 7.47. The molecule has 0 bridgehead atoms. The highest BCUT2D eigenvalue weighted by atomic mass is 15.1. The van der Waals surface area contributed by atoms with Crippen molar-refractivity contribution in [1.82, 2.24) is 10.2 Å². The van der Waals surface area contributed by atoms with Gasteiger partial charge in [0.15, 0.2) is 0 Å². The third-order valence-corrected chi connectivity index (χ3v) is 10.9. The summed E-state index contributed by atoms with van der Waals surface area (Å²) in [4.78, 5) is 2.77. The number of allylic oxidation sites excluding steroid dienone is 8. The highest BCUT2D eigenvalue weighted by molar-refractivity contribution is 4.93. The van der Waals surface area contributed by atoms with E-state index in [0.29, 0.717) is 0 Å². The molecule has 0 aromatic carbocycles. The fraction of sp³-hybridized carbons (Fsp3) is 0.830. The lowest BCUT2D eigenvalue weighted by Crippen LogP contribution is -2.33. The molecular formula is C47H88N2. The first-order valence-electron chi connectivity index (χ1n) is 22.3. The molecule has 1 saturated heterocycles. The maximum Gasteiger partial charge on any atom is 0.00922 e. The van der Waals surface area contributed by atoms with E-state index >= 15 is 0 Å². The minimum Gasteiger partial charge on any atom is -0.317 e.